The Kier molecular flexibility index (Phi) is 8.96. The van der Waals surface area contributed by atoms with E-state index in [4.69, 9.17) is 4.43 Å². The van der Waals surface area contributed by atoms with Crippen LogP contribution < -0.4 is 0 Å². The summed E-state index contributed by atoms with van der Waals surface area (Å²) in [6, 6.07) is -0.0811. The highest BCUT2D eigenvalue weighted by atomic mass is 29.3. The predicted octanol–water partition coefficient (Wildman–Crippen LogP) is 7.86. The molecule has 0 aromatic rings. The standard InChI is InChI=1S/C17H21F17OSi2/c1-36(2)6-5-7(35-37(36,3)4)9(19)12(23,24)14(27,28)16(31,32)17(33,34)15(29,30)13(25,26)10(20)8(18)11(21)22/h7-11H,5-6H2,1-4H3. The first kappa shape index (κ1) is 34.2. The fourth-order valence-electron chi connectivity index (χ4n) is 3.33. The molecule has 0 bridgehead atoms. The van der Waals surface area contributed by atoms with Gasteiger partial charge in [0.15, 0.2) is 20.2 Å². The molecular weight excluding hydrogens is 599 g/mol. The monoisotopic (exact) mass is 620 g/mol. The fraction of sp³-hybridized carbons (Fsp3) is 1.00. The first-order valence-electron chi connectivity index (χ1n) is 10.1. The molecular formula is C17H21F17OSi2. The van der Waals surface area contributed by atoms with Crippen LogP contribution >= 0.6 is 0 Å². The molecule has 0 saturated carbocycles. The first-order chi connectivity index (χ1) is 16.0. The van der Waals surface area contributed by atoms with E-state index in [9.17, 15) is 74.6 Å². The van der Waals surface area contributed by atoms with Crippen molar-refractivity contribution in [2.24, 2.45) is 0 Å². The van der Waals surface area contributed by atoms with Crippen molar-refractivity contribution in [2.45, 2.75) is 105 Å². The van der Waals surface area contributed by atoms with Gasteiger partial charge in [0, 0.05) is 0 Å². The third-order valence-corrected chi connectivity index (χ3v) is 23.3. The van der Waals surface area contributed by atoms with Crippen molar-refractivity contribution in [3.63, 3.8) is 0 Å². The van der Waals surface area contributed by atoms with Crippen molar-refractivity contribution in [3.8, 4) is 0 Å². The molecule has 0 amide bonds. The maximum Gasteiger partial charge on any atom is 0.384 e. The van der Waals surface area contributed by atoms with Crippen LogP contribution in [-0.2, 0) is 4.43 Å². The van der Waals surface area contributed by atoms with Gasteiger partial charge in [-0.1, -0.05) is 19.1 Å². The van der Waals surface area contributed by atoms with Gasteiger partial charge in [0.25, 0.3) is 6.43 Å². The van der Waals surface area contributed by atoms with Crippen LogP contribution in [0.25, 0.3) is 0 Å². The van der Waals surface area contributed by atoms with Crippen LogP contribution in [0.15, 0.2) is 0 Å². The molecule has 1 rings (SSSR count). The van der Waals surface area contributed by atoms with Gasteiger partial charge in [0.2, 0.25) is 6.17 Å². The van der Waals surface area contributed by atoms with E-state index < -0.39 is 88.4 Å². The molecule has 20 heteroatoms. The number of halogens is 17. The highest BCUT2D eigenvalue weighted by Gasteiger charge is 2.92. The average molecular weight is 620 g/mol. The van der Waals surface area contributed by atoms with Crippen molar-refractivity contribution >= 4 is 15.4 Å². The zero-order chi connectivity index (χ0) is 30.0. The summed E-state index contributed by atoms with van der Waals surface area (Å²) in [5, 5.41) is 0. The highest BCUT2D eigenvalue weighted by molar-refractivity contribution is 7.38. The highest BCUT2D eigenvalue weighted by Crippen LogP contribution is 2.62. The smallest absolute Gasteiger partial charge is 0.384 e. The summed E-state index contributed by atoms with van der Waals surface area (Å²) in [5.74, 6) is -47.2. The average Bonchev–Trinajstić information content (AvgIpc) is 2.72. The third kappa shape index (κ3) is 4.99. The molecule has 0 N–H and O–H groups in total. The Morgan fingerprint density at radius 2 is 1.00 bits per heavy atom. The number of rotatable bonds is 10. The lowest BCUT2D eigenvalue weighted by Gasteiger charge is -2.48. The number of hydrogen-bond donors (Lipinski definition) is 0. The van der Waals surface area contributed by atoms with Gasteiger partial charge >= 0.3 is 35.5 Å². The Morgan fingerprint density at radius 1 is 0.622 bits per heavy atom. The summed E-state index contributed by atoms with van der Waals surface area (Å²) in [4.78, 5) is 0. The molecule has 1 fully saturated rings. The quantitative estimate of drug-likeness (QED) is 0.179. The molecule has 0 aromatic heterocycles. The van der Waals surface area contributed by atoms with Gasteiger partial charge in [-0.15, -0.1) is 0 Å². The van der Waals surface area contributed by atoms with Crippen molar-refractivity contribution in [2.75, 3.05) is 0 Å². The molecule has 37 heavy (non-hydrogen) atoms. The predicted molar refractivity (Wildman–Crippen MR) is 99.6 cm³/mol. The van der Waals surface area contributed by atoms with Crippen LogP contribution in [0.1, 0.15) is 6.42 Å². The summed E-state index contributed by atoms with van der Waals surface area (Å²) >= 11 is 0. The van der Waals surface area contributed by atoms with Crippen LogP contribution in [0.4, 0.5) is 74.6 Å². The van der Waals surface area contributed by atoms with Gasteiger partial charge in [-0.2, -0.15) is 52.7 Å². The van der Waals surface area contributed by atoms with E-state index in [1.54, 1.807) is 13.1 Å². The number of alkyl halides is 17. The maximum absolute atomic E-state index is 14.5. The fourth-order valence-corrected chi connectivity index (χ4v) is 9.90. The van der Waals surface area contributed by atoms with E-state index >= 15 is 0 Å². The minimum atomic E-state index is -8.36. The van der Waals surface area contributed by atoms with E-state index in [1.807, 2.05) is 0 Å². The molecule has 1 aliphatic heterocycles. The van der Waals surface area contributed by atoms with Gasteiger partial charge in [-0.25, -0.2) is 22.0 Å². The molecule has 0 spiro atoms. The largest absolute Gasteiger partial charge is 0.414 e. The zero-order valence-electron chi connectivity index (χ0n) is 19.1. The molecule has 0 aromatic carbocycles. The molecule has 1 saturated heterocycles. The second-order valence-corrected chi connectivity index (χ2v) is 24.9. The third-order valence-electron chi connectivity index (χ3n) is 6.69. The second kappa shape index (κ2) is 9.69. The van der Waals surface area contributed by atoms with Crippen LogP contribution in [-0.4, -0.2) is 82.0 Å². The van der Waals surface area contributed by atoms with Gasteiger partial charge in [0.05, 0.1) is 13.7 Å². The van der Waals surface area contributed by atoms with Crippen molar-refractivity contribution in [3.05, 3.63) is 0 Å². The van der Waals surface area contributed by atoms with Gasteiger partial charge in [0.1, 0.15) is 0 Å². The first-order valence-corrected chi connectivity index (χ1v) is 17.3. The van der Waals surface area contributed by atoms with Crippen molar-refractivity contribution in [1.82, 2.24) is 0 Å². The number of hydrogen-bond acceptors (Lipinski definition) is 1. The Balaban J connectivity index is 3.50. The van der Waals surface area contributed by atoms with E-state index in [0.29, 0.717) is 0 Å². The van der Waals surface area contributed by atoms with E-state index in [2.05, 4.69) is 0 Å². The molecule has 222 valence electrons. The molecule has 4 atom stereocenters. The SMILES string of the molecule is C[Si]1(C)CCC(C(F)C(F)(F)C(F)(F)C(F)(F)C(F)(F)C(F)(F)C(F)(F)C(F)C(F)C(F)F)O[Si]1(C)C. The lowest BCUT2D eigenvalue weighted by molar-refractivity contribution is -0.435. The van der Waals surface area contributed by atoms with Crippen molar-refractivity contribution in [1.29, 1.82) is 0 Å². The minimum Gasteiger partial charge on any atom is -0.414 e. The second-order valence-electron chi connectivity index (χ2n) is 9.72. The summed E-state index contributed by atoms with van der Waals surface area (Å²) in [7, 11) is -5.53. The normalized spacial score (nSPS) is 24.6. The van der Waals surface area contributed by atoms with E-state index in [0.717, 1.165) is 0 Å². The lowest BCUT2D eigenvalue weighted by atomic mass is 9.87. The van der Waals surface area contributed by atoms with Gasteiger partial charge in [-0.3, -0.25) is 0 Å². The summed E-state index contributed by atoms with van der Waals surface area (Å²) in [6.45, 7) is 5.95. The Labute approximate surface area is 200 Å². The summed E-state index contributed by atoms with van der Waals surface area (Å²) in [6.07, 6.45) is -23.5. The molecule has 1 heterocycles. The van der Waals surface area contributed by atoms with Crippen LogP contribution in [0.3, 0.4) is 0 Å². The topological polar surface area (TPSA) is 9.23 Å². The van der Waals surface area contributed by atoms with E-state index in [1.165, 1.54) is 13.1 Å². The molecule has 0 aliphatic carbocycles. The molecule has 0 radical (unpaired) electrons. The van der Waals surface area contributed by atoms with Gasteiger partial charge in [-0.05, 0) is 19.5 Å². The van der Waals surface area contributed by atoms with Crippen molar-refractivity contribution < 1.29 is 79.1 Å². The molecule has 4 unspecified atom stereocenters. The zero-order valence-corrected chi connectivity index (χ0v) is 21.1. The van der Waals surface area contributed by atoms with Gasteiger partial charge < -0.3 is 4.43 Å². The Bertz CT molecular complexity index is 816. The summed E-state index contributed by atoms with van der Waals surface area (Å²) in [5.41, 5.74) is 0. The van der Waals surface area contributed by atoms with Crippen LogP contribution in [0, 0.1) is 0 Å². The minimum absolute atomic E-state index is 0.0811. The van der Waals surface area contributed by atoms with Crippen LogP contribution in [0.2, 0.25) is 32.2 Å². The molecule has 1 aliphatic rings. The Morgan fingerprint density at radius 3 is 1.35 bits per heavy atom. The van der Waals surface area contributed by atoms with E-state index in [-0.39, 0.29) is 6.04 Å². The lowest BCUT2D eigenvalue weighted by Crippen LogP contribution is -2.74. The molecule has 1 nitrogen and oxygen atoms in total. The Hall–Kier alpha value is -0.796. The van der Waals surface area contributed by atoms with Crippen LogP contribution in [0.5, 0.6) is 0 Å². The summed E-state index contributed by atoms with van der Waals surface area (Å²) < 4.78 is 236. The maximum atomic E-state index is 14.5.